The second-order valence-corrected chi connectivity index (χ2v) is 8.68. The minimum Gasteiger partial charge on any atom is -0.489 e. The molecule has 0 aliphatic rings. The Labute approximate surface area is 207 Å². The molecule has 0 unspecified atom stereocenters. The van der Waals surface area contributed by atoms with E-state index in [9.17, 15) is 20.1 Å². The zero-order valence-corrected chi connectivity index (χ0v) is 20.4. The molecule has 1 amide bonds. The molecule has 8 heteroatoms. The van der Waals surface area contributed by atoms with Gasteiger partial charge in [0.05, 0.1) is 23.8 Å². The van der Waals surface area contributed by atoms with Gasteiger partial charge in [-0.05, 0) is 56.2 Å². The lowest BCUT2D eigenvalue weighted by Gasteiger charge is -2.08. The molecule has 7 nitrogen and oxygen atoms in total. The molecule has 0 spiro atoms. The summed E-state index contributed by atoms with van der Waals surface area (Å²) < 4.78 is 10.9. The van der Waals surface area contributed by atoms with Crippen LogP contribution in [0, 0.1) is 36.5 Å². The number of hydrogen-bond donors (Lipinski definition) is 1. The van der Waals surface area contributed by atoms with Gasteiger partial charge in [0.25, 0.3) is 5.91 Å². The SMILES string of the molecule is CCOC(=O)c1c(NC(=O)/C(C#N)=C/c2ccc(OCc3ccccc3C#N)cc2)sc(C)c1C. The Hall–Kier alpha value is -4.40. The van der Waals surface area contributed by atoms with Gasteiger partial charge < -0.3 is 14.8 Å². The van der Waals surface area contributed by atoms with Crippen molar-refractivity contribution < 1.29 is 19.1 Å². The van der Waals surface area contributed by atoms with Crippen LogP contribution in [0.5, 0.6) is 5.75 Å². The zero-order chi connectivity index (χ0) is 25.4. The molecule has 3 rings (SSSR count). The minimum absolute atomic E-state index is 0.111. The van der Waals surface area contributed by atoms with Crippen LogP contribution in [0.25, 0.3) is 6.08 Å². The smallest absolute Gasteiger partial charge is 0.341 e. The molecule has 176 valence electrons. The van der Waals surface area contributed by atoms with Crippen molar-refractivity contribution in [2.24, 2.45) is 0 Å². The van der Waals surface area contributed by atoms with E-state index in [0.29, 0.717) is 27.4 Å². The van der Waals surface area contributed by atoms with Crippen LogP contribution in [0.3, 0.4) is 0 Å². The maximum Gasteiger partial charge on any atom is 0.341 e. The number of thiophene rings is 1. The van der Waals surface area contributed by atoms with Crippen molar-refractivity contribution in [1.82, 2.24) is 0 Å². The molecule has 0 aliphatic heterocycles. The number of hydrogen-bond acceptors (Lipinski definition) is 7. The minimum atomic E-state index is -0.618. The van der Waals surface area contributed by atoms with Crippen LogP contribution in [0.4, 0.5) is 5.00 Å². The molecular formula is C27H23N3O4S. The highest BCUT2D eigenvalue weighted by Gasteiger charge is 2.23. The molecule has 3 aromatic rings. The Kier molecular flexibility index (Phi) is 8.39. The van der Waals surface area contributed by atoms with Crippen molar-refractivity contribution >= 4 is 34.3 Å². The lowest BCUT2D eigenvalue weighted by Crippen LogP contribution is -2.16. The molecule has 0 saturated heterocycles. The molecule has 0 radical (unpaired) electrons. The predicted octanol–water partition coefficient (Wildman–Crippen LogP) is 5.54. The van der Waals surface area contributed by atoms with E-state index in [1.807, 2.05) is 25.1 Å². The average molecular weight is 486 g/mol. The summed E-state index contributed by atoms with van der Waals surface area (Å²) in [5.41, 5.74) is 2.90. The number of benzene rings is 2. The molecule has 2 aromatic carbocycles. The van der Waals surface area contributed by atoms with Crippen molar-refractivity contribution in [3.05, 3.63) is 86.8 Å². The first-order valence-electron chi connectivity index (χ1n) is 10.8. The van der Waals surface area contributed by atoms with Gasteiger partial charge in [-0.1, -0.05) is 30.3 Å². The molecule has 1 N–H and O–H groups in total. The average Bonchev–Trinajstić information content (AvgIpc) is 3.14. The normalized spacial score (nSPS) is 10.7. The summed E-state index contributed by atoms with van der Waals surface area (Å²) in [7, 11) is 0. The van der Waals surface area contributed by atoms with Gasteiger partial charge in [0.2, 0.25) is 0 Å². The van der Waals surface area contributed by atoms with Crippen molar-refractivity contribution in [2.75, 3.05) is 11.9 Å². The summed E-state index contributed by atoms with van der Waals surface area (Å²) in [4.78, 5) is 26.0. The number of nitrogens with zero attached hydrogens (tertiary/aromatic N) is 2. The number of carbonyl (C=O) groups excluding carboxylic acids is 2. The lowest BCUT2D eigenvalue weighted by molar-refractivity contribution is -0.112. The number of carbonyl (C=O) groups is 2. The molecule has 35 heavy (non-hydrogen) atoms. The molecule has 0 bridgehead atoms. The van der Waals surface area contributed by atoms with E-state index in [1.165, 1.54) is 17.4 Å². The standard InChI is InChI=1S/C27H23N3O4S/c1-4-33-27(32)24-17(2)18(3)35-26(24)30-25(31)22(15-29)13-19-9-11-23(12-10-19)34-16-21-8-6-5-7-20(21)14-28/h5-13H,4,16H2,1-3H3,(H,30,31)/b22-13+. The van der Waals surface area contributed by atoms with E-state index >= 15 is 0 Å². The monoisotopic (exact) mass is 485 g/mol. The Morgan fingerprint density at radius 1 is 1.09 bits per heavy atom. The fraction of sp³-hybridized carbons (Fsp3) is 0.185. The number of amides is 1. The number of nitrogens with one attached hydrogen (secondary N) is 1. The van der Waals surface area contributed by atoms with E-state index in [2.05, 4.69) is 11.4 Å². The van der Waals surface area contributed by atoms with Gasteiger partial charge in [-0.2, -0.15) is 10.5 Å². The summed E-state index contributed by atoms with van der Waals surface area (Å²) in [6, 6.07) is 18.1. The van der Waals surface area contributed by atoms with E-state index in [4.69, 9.17) is 9.47 Å². The molecule has 0 fully saturated rings. The summed E-state index contributed by atoms with van der Waals surface area (Å²) in [6.07, 6.45) is 1.46. The van der Waals surface area contributed by atoms with E-state index in [1.54, 1.807) is 50.2 Å². The largest absolute Gasteiger partial charge is 0.489 e. The maximum atomic E-state index is 12.8. The number of anilines is 1. The first-order valence-corrected chi connectivity index (χ1v) is 11.6. The number of esters is 1. The first kappa shape index (κ1) is 25.2. The van der Waals surface area contributed by atoms with Crippen LogP contribution in [0.1, 0.15) is 44.4 Å². The van der Waals surface area contributed by atoms with Gasteiger partial charge in [-0.25, -0.2) is 4.79 Å². The van der Waals surface area contributed by atoms with Crippen LogP contribution in [0.2, 0.25) is 0 Å². The highest BCUT2D eigenvalue weighted by Crippen LogP contribution is 2.33. The first-order chi connectivity index (χ1) is 16.9. The van der Waals surface area contributed by atoms with Gasteiger partial charge in [-0.3, -0.25) is 4.79 Å². The van der Waals surface area contributed by atoms with Crippen molar-refractivity contribution in [1.29, 1.82) is 10.5 Å². The Morgan fingerprint density at radius 3 is 2.46 bits per heavy atom. The second kappa shape index (κ2) is 11.6. The quantitative estimate of drug-likeness (QED) is 0.255. The molecular weight excluding hydrogens is 462 g/mol. The van der Waals surface area contributed by atoms with Crippen molar-refractivity contribution in [3.63, 3.8) is 0 Å². The zero-order valence-electron chi connectivity index (χ0n) is 19.5. The van der Waals surface area contributed by atoms with Crippen LogP contribution in [0.15, 0.2) is 54.1 Å². The van der Waals surface area contributed by atoms with Gasteiger partial charge in [0.15, 0.2) is 0 Å². The van der Waals surface area contributed by atoms with Crippen molar-refractivity contribution in [3.8, 4) is 17.9 Å². The predicted molar refractivity (Wildman–Crippen MR) is 134 cm³/mol. The molecule has 1 aromatic heterocycles. The van der Waals surface area contributed by atoms with Gasteiger partial charge in [0, 0.05) is 10.4 Å². The van der Waals surface area contributed by atoms with Crippen LogP contribution >= 0.6 is 11.3 Å². The molecule has 0 atom stereocenters. The summed E-state index contributed by atoms with van der Waals surface area (Å²) in [5, 5.41) is 21.8. The number of ether oxygens (including phenoxy) is 2. The molecule has 0 aliphatic carbocycles. The number of aryl methyl sites for hydroxylation is 1. The number of rotatable bonds is 8. The lowest BCUT2D eigenvalue weighted by atomic mass is 10.1. The van der Waals surface area contributed by atoms with E-state index in [0.717, 1.165) is 16.0 Å². The van der Waals surface area contributed by atoms with Crippen molar-refractivity contribution in [2.45, 2.75) is 27.4 Å². The highest BCUT2D eigenvalue weighted by atomic mass is 32.1. The van der Waals surface area contributed by atoms with Crippen LogP contribution in [-0.2, 0) is 16.1 Å². The summed E-state index contributed by atoms with van der Waals surface area (Å²) >= 11 is 1.26. The van der Waals surface area contributed by atoms with Gasteiger partial charge >= 0.3 is 5.97 Å². The second-order valence-electron chi connectivity index (χ2n) is 7.46. The maximum absolute atomic E-state index is 12.8. The van der Waals surface area contributed by atoms with E-state index < -0.39 is 11.9 Å². The Balaban J connectivity index is 1.73. The fourth-order valence-corrected chi connectivity index (χ4v) is 4.27. The summed E-state index contributed by atoms with van der Waals surface area (Å²) in [6.45, 7) is 5.81. The fourth-order valence-electron chi connectivity index (χ4n) is 3.23. The Bertz CT molecular complexity index is 1360. The molecule has 1 heterocycles. The topological polar surface area (TPSA) is 112 Å². The third-order valence-electron chi connectivity index (χ3n) is 5.18. The van der Waals surface area contributed by atoms with Gasteiger partial charge in [-0.15, -0.1) is 11.3 Å². The van der Waals surface area contributed by atoms with Crippen LogP contribution < -0.4 is 10.1 Å². The third-order valence-corrected chi connectivity index (χ3v) is 6.30. The summed E-state index contributed by atoms with van der Waals surface area (Å²) in [5.74, 6) is -0.547. The molecule has 0 saturated carbocycles. The highest BCUT2D eigenvalue weighted by molar-refractivity contribution is 7.16. The van der Waals surface area contributed by atoms with E-state index in [-0.39, 0.29) is 18.8 Å². The van der Waals surface area contributed by atoms with Crippen LogP contribution in [-0.4, -0.2) is 18.5 Å². The third kappa shape index (κ3) is 6.14. The number of nitriles is 2. The van der Waals surface area contributed by atoms with Gasteiger partial charge in [0.1, 0.15) is 29.0 Å². The Morgan fingerprint density at radius 2 is 1.80 bits per heavy atom.